The molecule has 6 heteroatoms. The molecule has 0 saturated carbocycles. The second-order valence-electron chi connectivity index (χ2n) is 5.42. The highest BCUT2D eigenvalue weighted by Crippen LogP contribution is 2.20. The zero-order valence-electron chi connectivity index (χ0n) is 14.8. The van der Waals surface area contributed by atoms with Gasteiger partial charge in [0.05, 0.1) is 12.3 Å². The molecule has 0 atom stereocenters. The normalized spacial score (nSPS) is 10.7. The Morgan fingerprint density at radius 2 is 2.08 bits per heavy atom. The molecule has 1 heterocycles. The minimum absolute atomic E-state index is 0.181. The highest BCUT2D eigenvalue weighted by molar-refractivity contribution is 6.04. The van der Waals surface area contributed by atoms with Crippen LogP contribution >= 0.6 is 0 Å². The molecule has 1 N–H and O–H groups in total. The number of ether oxygens (including phenoxy) is 2. The molecule has 0 radical (unpaired) electrons. The number of nitrogens with one attached hydrogen (secondary N) is 1. The summed E-state index contributed by atoms with van der Waals surface area (Å²) in [7, 11) is 1.83. The Labute approximate surface area is 142 Å². The lowest BCUT2D eigenvalue weighted by Gasteiger charge is -2.09. The Balaban J connectivity index is 2.06. The topological polar surface area (TPSA) is 65.4 Å². The van der Waals surface area contributed by atoms with Crippen LogP contribution in [-0.2, 0) is 18.2 Å². The van der Waals surface area contributed by atoms with Crippen LogP contribution in [0.5, 0.6) is 5.75 Å². The van der Waals surface area contributed by atoms with E-state index in [0.717, 1.165) is 23.5 Å². The van der Waals surface area contributed by atoms with E-state index in [2.05, 4.69) is 10.4 Å². The minimum atomic E-state index is -0.181. The molecular formula is C18H25N3O3. The lowest BCUT2D eigenvalue weighted by molar-refractivity contribution is 0.102. The van der Waals surface area contributed by atoms with Crippen LogP contribution < -0.4 is 10.1 Å². The zero-order valence-corrected chi connectivity index (χ0v) is 14.8. The van der Waals surface area contributed by atoms with Gasteiger partial charge in [-0.05, 0) is 38.5 Å². The zero-order chi connectivity index (χ0) is 17.5. The molecule has 0 aliphatic rings. The van der Waals surface area contributed by atoms with Crippen LogP contribution in [0.4, 0.5) is 5.82 Å². The van der Waals surface area contributed by atoms with Crippen molar-refractivity contribution in [2.24, 2.45) is 7.05 Å². The van der Waals surface area contributed by atoms with E-state index in [9.17, 15) is 4.79 Å². The average molecular weight is 331 g/mol. The van der Waals surface area contributed by atoms with Crippen LogP contribution in [-0.4, -0.2) is 35.5 Å². The number of carbonyl (C=O) groups is 1. The molecule has 130 valence electrons. The Morgan fingerprint density at radius 3 is 2.75 bits per heavy atom. The second-order valence-corrected chi connectivity index (χ2v) is 5.42. The molecule has 24 heavy (non-hydrogen) atoms. The van der Waals surface area contributed by atoms with E-state index in [1.54, 1.807) is 22.9 Å². The number of rotatable bonds is 8. The van der Waals surface area contributed by atoms with Crippen LogP contribution in [0.3, 0.4) is 0 Å². The number of benzene rings is 1. The molecule has 0 spiro atoms. The first-order chi connectivity index (χ1) is 11.6. The van der Waals surface area contributed by atoms with Gasteiger partial charge in [0, 0.05) is 24.8 Å². The van der Waals surface area contributed by atoms with Crippen molar-refractivity contribution in [3.05, 3.63) is 41.1 Å². The fraction of sp³-hybridized carbons (Fsp3) is 0.444. The van der Waals surface area contributed by atoms with Crippen molar-refractivity contribution in [2.45, 2.75) is 27.2 Å². The Kier molecular flexibility index (Phi) is 6.37. The number of aromatic nitrogens is 2. The number of carbonyl (C=O) groups excluding carboxylic acids is 1. The molecule has 0 unspecified atom stereocenters. The lowest BCUT2D eigenvalue weighted by atomic mass is 10.2. The molecule has 0 aliphatic carbocycles. The first-order valence-electron chi connectivity index (χ1n) is 8.21. The van der Waals surface area contributed by atoms with Crippen LogP contribution in [0.1, 0.15) is 35.5 Å². The molecule has 1 aromatic carbocycles. The Bertz CT molecular complexity index is 695. The quantitative estimate of drug-likeness (QED) is 0.755. The monoisotopic (exact) mass is 331 g/mol. The van der Waals surface area contributed by atoms with Gasteiger partial charge < -0.3 is 14.8 Å². The molecule has 0 bridgehead atoms. The van der Waals surface area contributed by atoms with E-state index in [1.807, 2.05) is 33.9 Å². The summed E-state index contributed by atoms with van der Waals surface area (Å²) in [6, 6.07) is 7.12. The van der Waals surface area contributed by atoms with Gasteiger partial charge in [0.15, 0.2) is 0 Å². The molecule has 6 nitrogen and oxygen atoms in total. The van der Waals surface area contributed by atoms with Gasteiger partial charge in [0.1, 0.15) is 18.2 Å². The number of hydrogen-bond donors (Lipinski definition) is 1. The van der Waals surface area contributed by atoms with Gasteiger partial charge in [-0.1, -0.05) is 13.0 Å². The molecule has 0 aliphatic heterocycles. The number of anilines is 1. The fourth-order valence-electron chi connectivity index (χ4n) is 2.47. The number of amides is 1. The summed E-state index contributed by atoms with van der Waals surface area (Å²) in [4.78, 5) is 12.5. The summed E-state index contributed by atoms with van der Waals surface area (Å²) in [5.74, 6) is 1.19. The molecule has 2 aromatic rings. The predicted molar refractivity (Wildman–Crippen MR) is 93.7 cm³/mol. The van der Waals surface area contributed by atoms with Crippen LogP contribution in [0.25, 0.3) is 0 Å². The molecule has 1 amide bonds. The van der Waals surface area contributed by atoms with E-state index in [1.165, 1.54) is 0 Å². The number of nitrogens with zero attached hydrogens (tertiary/aromatic N) is 2. The van der Waals surface area contributed by atoms with Gasteiger partial charge in [-0.15, -0.1) is 0 Å². The fourth-order valence-corrected chi connectivity index (χ4v) is 2.47. The van der Waals surface area contributed by atoms with Crippen LogP contribution in [0.15, 0.2) is 24.3 Å². The van der Waals surface area contributed by atoms with Gasteiger partial charge in [0.2, 0.25) is 0 Å². The Morgan fingerprint density at radius 1 is 1.29 bits per heavy atom. The molecule has 1 aromatic heterocycles. The van der Waals surface area contributed by atoms with Crippen LogP contribution in [0, 0.1) is 6.92 Å². The van der Waals surface area contributed by atoms with E-state index in [4.69, 9.17) is 9.47 Å². The minimum Gasteiger partial charge on any atom is -0.491 e. The van der Waals surface area contributed by atoms with E-state index < -0.39 is 0 Å². The highest BCUT2D eigenvalue weighted by atomic mass is 16.5. The van der Waals surface area contributed by atoms with Crippen molar-refractivity contribution in [2.75, 3.05) is 25.1 Å². The highest BCUT2D eigenvalue weighted by Gasteiger charge is 2.15. The van der Waals surface area contributed by atoms with Crippen LogP contribution in [0.2, 0.25) is 0 Å². The number of hydrogen-bond acceptors (Lipinski definition) is 4. The van der Waals surface area contributed by atoms with Crippen molar-refractivity contribution >= 4 is 11.7 Å². The standard InChI is InChI=1S/C18H25N3O3/c1-5-16-13(3)17(21(4)20-16)19-18(22)14-8-7-9-15(12-14)24-11-10-23-6-2/h7-9,12H,5-6,10-11H2,1-4H3,(H,19,22). The second kappa shape index (κ2) is 8.49. The average Bonchev–Trinajstić information content (AvgIpc) is 2.86. The molecule has 2 rings (SSSR count). The maximum atomic E-state index is 12.5. The third kappa shape index (κ3) is 4.35. The first-order valence-corrected chi connectivity index (χ1v) is 8.21. The summed E-state index contributed by atoms with van der Waals surface area (Å²) in [5, 5.41) is 7.35. The Hall–Kier alpha value is -2.34. The maximum Gasteiger partial charge on any atom is 0.256 e. The SMILES string of the molecule is CCOCCOc1cccc(C(=O)Nc2c(C)c(CC)nn2C)c1. The predicted octanol–water partition coefficient (Wildman–Crippen LogP) is 2.96. The van der Waals surface area contributed by atoms with Crippen molar-refractivity contribution < 1.29 is 14.3 Å². The summed E-state index contributed by atoms with van der Waals surface area (Å²) < 4.78 is 12.5. The summed E-state index contributed by atoms with van der Waals surface area (Å²) in [6.45, 7) is 7.60. The summed E-state index contributed by atoms with van der Waals surface area (Å²) in [5.41, 5.74) is 2.53. The third-order valence-electron chi connectivity index (χ3n) is 3.75. The van der Waals surface area contributed by atoms with E-state index in [-0.39, 0.29) is 5.91 Å². The summed E-state index contributed by atoms with van der Waals surface area (Å²) >= 11 is 0. The van der Waals surface area contributed by atoms with Crippen molar-refractivity contribution in [3.8, 4) is 5.75 Å². The molecule has 0 saturated heterocycles. The van der Waals surface area contributed by atoms with Gasteiger partial charge >= 0.3 is 0 Å². The third-order valence-corrected chi connectivity index (χ3v) is 3.75. The molecular weight excluding hydrogens is 306 g/mol. The van der Waals surface area contributed by atoms with Gasteiger partial charge in [-0.3, -0.25) is 9.48 Å². The molecule has 0 fully saturated rings. The number of aryl methyl sites for hydroxylation is 2. The lowest BCUT2D eigenvalue weighted by Crippen LogP contribution is -2.15. The smallest absolute Gasteiger partial charge is 0.256 e. The summed E-state index contributed by atoms with van der Waals surface area (Å²) in [6.07, 6.45) is 0.832. The van der Waals surface area contributed by atoms with Crippen molar-refractivity contribution in [1.82, 2.24) is 9.78 Å². The van der Waals surface area contributed by atoms with Crippen molar-refractivity contribution in [3.63, 3.8) is 0 Å². The van der Waals surface area contributed by atoms with E-state index >= 15 is 0 Å². The van der Waals surface area contributed by atoms with Crippen molar-refractivity contribution in [1.29, 1.82) is 0 Å². The van der Waals surface area contributed by atoms with Gasteiger partial charge in [-0.25, -0.2) is 0 Å². The first kappa shape index (κ1) is 18.0. The van der Waals surface area contributed by atoms with E-state index in [0.29, 0.717) is 31.1 Å². The maximum absolute atomic E-state index is 12.5. The van der Waals surface area contributed by atoms with Gasteiger partial charge in [-0.2, -0.15) is 5.10 Å². The largest absolute Gasteiger partial charge is 0.491 e. The van der Waals surface area contributed by atoms with Gasteiger partial charge in [0.25, 0.3) is 5.91 Å².